The van der Waals surface area contributed by atoms with E-state index < -0.39 is 0 Å². The summed E-state index contributed by atoms with van der Waals surface area (Å²) in [5.74, 6) is 2.63. The van der Waals surface area contributed by atoms with Crippen LogP contribution in [0.2, 0.25) is 0 Å². The van der Waals surface area contributed by atoms with Crippen LogP contribution in [0.4, 0.5) is 0 Å². The first-order chi connectivity index (χ1) is 10.3. The second kappa shape index (κ2) is 9.12. The Hall–Kier alpha value is -0.120. The Morgan fingerprint density at radius 1 is 1.19 bits per heavy atom. The van der Waals surface area contributed by atoms with Gasteiger partial charge < -0.3 is 5.32 Å². The normalized spacial score (nSPS) is 24.0. The van der Waals surface area contributed by atoms with E-state index in [1.165, 1.54) is 41.9 Å². The molecule has 118 valence electrons. The van der Waals surface area contributed by atoms with E-state index in [4.69, 9.17) is 0 Å². The van der Waals surface area contributed by atoms with Gasteiger partial charge in [0.2, 0.25) is 0 Å². The van der Waals surface area contributed by atoms with E-state index >= 15 is 0 Å². The number of hydrogen-bond acceptors (Lipinski definition) is 3. The molecular weight excluding hydrogens is 294 g/mol. The zero-order valence-electron chi connectivity index (χ0n) is 13.6. The van der Waals surface area contributed by atoms with Crippen molar-refractivity contribution in [1.29, 1.82) is 0 Å². The highest BCUT2D eigenvalue weighted by molar-refractivity contribution is 8.07. The molecule has 3 heteroatoms. The van der Waals surface area contributed by atoms with E-state index in [9.17, 15) is 0 Å². The van der Waals surface area contributed by atoms with Gasteiger partial charge in [-0.05, 0) is 43.9 Å². The number of nitrogens with one attached hydrogen (secondary N) is 1. The molecule has 1 nitrogen and oxygen atoms in total. The molecule has 1 N–H and O–H groups in total. The van der Waals surface area contributed by atoms with Gasteiger partial charge in [-0.25, -0.2) is 0 Å². The third-order valence-electron chi connectivity index (χ3n) is 4.25. The molecular formula is C18H29NS2. The van der Waals surface area contributed by atoms with E-state index in [0.29, 0.717) is 6.04 Å². The summed E-state index contributed by atoms with van der Waals surface area (Å²) in [5, 5.41) is 5.40. The molecule has 0 aliphatic carbocycles. The monoisotopic (exact) mass is 323 g/mol. The van der Waals surface area contributed by atoms with Crippen molar-refractivity contribution in [3.8, 4) is 0 Å². The summed E-state index contributed by atoms with van der Waals surface area (Å²) in [6.07, 6.45) is 3.67. The minimum atomic E-state index is 0.605. The molecule has 2 rings (SSSR count). The van der Waals surface area contributed by atoms with Crippen LogP contribution >= 0.6 is 23.5 Å². The van der Waals surface area contributed by atoms with Gasteiger partial charge in [0.05, 0.1) is 0 Å². The SMILES string of the molecule is CCCNC(Cc1ccccc1C)C1SCCSC1CC. The average molecular weight is 324 g/mol. The van der Waals surface area contributed by atoms with Crippen LogP contribution in [0.25, 0.3) is 0 Å². The second-order valence-corrected chi connectivity index (χ2v) is 8.48. The fourth-order valence-corrected chi connectivity index (χ4v) is 6.28. The van der Waals surface area contributed by atoms with Crippen LogP contribution in [0.3, 0.4) is 0 Å². The first-order valence-electron chi connectivity index (χ1n) is 8.27. The van der Waals surface area contributed by atoms with Gasteiger partial charge in [0, 0.05) is 28.0 Å². The highest BCUT2D eigenvalue weighted by Crippen LogP contribution is 2.36. The summed E-state index contributed by atoms with van der Waals surface area (Å²) < 4.78 is 0. The lowest BCUT2D eigenvalue weighted by atomic mass is 9.97. The van der Waals surface area contributed by atoms with Crippen molar-refractivity contribution < 1.29 is 0 Å². The molecule has 0 bridgehead atoms. The first kappa shape index (κ1) is 17.2. The summed E-state index contributed by atoms with van der Waals surface area (Å²) in [4.78, 5) is 0. The van der Waals surface area contributed by atoms with E-state index in [-0.39, 0.29) is 0 Å². The molecule has 0 spiro atoms. The van der Waals surface area contributed by atoms with Crippen LogP contribution in [0.15, 0.2) is 24.3 Å². The van der Waals surface area contributed by atoms with Crippen molar-refractivity contribution in [2.24, 2.45) is 0 Å². The lowest BCUT2D eigenvalue weighted by molar-refractivity contribution is 0.476. The summed E-state index contributed by atoms with van der Waals surface area (Å²) in [7, 11) is 0. The molecule has 1 saturated heterocycles. The van der Waals surface area contributed by atoms with Gasteiger partial charge in [0.25, 0.3) is 0 Å². The lowest BCUT2D eigenvalue weighted by Gasteiger charge is -2.37. The Morgan fingerprint density at radius 3 is 2.67 bits per heavy atom. The quantitative estimate of drug-likeness (QED) is 0.791. The molecule has 0 saturated carbocycles. The van der Waals surface area contributed by atoms with Crippen LogP contribution in [0, 0.1) is 6.92 Å². The molecule has 21 heavy (non-hydrogen) atoms. The number of aryl methyl sites for hydroxylation is 1. The third kappa shape index (κ3) is 4.94. The molecule has 0 radical (unpaired) electrons. The largest absolute Gasteiger partial charge is 0.313 e. The maximum Gasteiger partial charge on any atom is 0.0323 e. The predicted octanol–water partition coefficient (Wildman–Crippen LogP) is 4.53. The Bertz CT molecular complexity index is 421. The Morgan fingerprint density at radius 2 is 1.95 bits per heavy atom. The number of hydrogen-bond donors (Lipinski definition) is 1. The number of rotatable bonds is 7. The van der Waals surface area contributed by atoms with E-state index in [2.05, 4.69) is 73.9 Å². The van der Waals surface area contributed by atoms with Gasteiger partial charge in [-0.2, -0.15) is 23.5 Å². The van der Waals surface area contributed by atoms with Crippen LogP contribution in [-0.4, -0.2) is 34.6 Å². The number of thioether (sulfide) groups is 2. The zero-order chi connectivity index (χ0) is 15.1. The molecule has 3 unspecified atom stereocenters. The summed E-state index contributed by atoms with van der Waals surface area (Å²) in [6.45, 7) is 7.99. The molecule has 1 aromatic carbocycles. The fourth-order valence-electron chi connectivity index (χ4n) is 3.02. The molecule has 1 heterocycles. The molecule has 0 aromatic heterocycles. The highest BCUT2D eigenvalue weighted by Gasteiger charge is 2.31. The van der Waals surface area contributed by atoms with Gasteiger partial charge in [0.15, 0.2) is 0 Å². The lowest BCUT2D eigenvalue weighted by Crippen LogP contribution is -2.46. The summed E-state index contributed by atoms with van der Waals surface area (Å²) in [5.41, 5.74) is 2.94. The Balaban J connectivity index is 2.11. The summed E-state index contributed by atoms with van der Waals surface area (Å²) in [6, 6.07) is 9.48. The van der Waals surface area contributed by atoms with Gasteiger partial charge in [-0.1, -0.05) is 38.1 Å². The first-order valence-corrected chi connectivity index (χ1v) is 10.4. The molecule has 1 aromatic rings. The van der Waals surface area contributed by atoms with Crippen molar-refractivity contribution in [2.75, 3.05) is 18.1 Å². The second-order valence-electron chi connectivity index (χ2n) is 5.84. The molecule has 3 atom stereocenters. The zero-order valence-corrected chi connectivity index (χ0v) is 15.2. The average Bonchev–Trinajstić information content (AvgIpc) is 2.53. The van der Waals surface area contributed by atoms with Crippen LogP contribution < -0.4 is 5.32 Å². The van der Waals surface area contributed by atoms with Crippen molar-refractivity contribution in [3.05, 3.63) is 35.4 Å². The van der Waals surface area contributed by atoms with E-state index in [1.54, 1.807) is 0 Å². The maximum absolute atomic E-state index is 3.84. The van der Waals surface area contributed by atoms with Crippen molar-refractivity contribution in [1.82, 2.24) is 5.32 Å². The highest BCUT2D eigenvalue weighted by atomic mass is 32.2. The van der Waals surface area contributed by atoms with Gasteiger partial charge in [0.1, 0.15) is 0 Å². The topological polar surface area (TPSA) is 12.0 Å². The van der Waals surface area contributed by atoms with Crippen LogP contribution in [-0.2, 0) is 6.42 Å². The van der Waals surface area contributed by atoms with Crippen molar-refractivity contribution in [3.63, 3.8) is 0 Å². The third-order valence-corrected chi connectivity index (χ3v) is 7.66. The van der Waals surface area contributed by atoms with Gasteiger partial charge in [-0.15, -0.1) is 0 Å². The number of benzene rings is 1. The Kier molecular flexibility index (Phi) is 7.48. The standard InChI is InChI=1S/C18H29NS2/c1-4-10-19-16(13-15-9-7-6-8-14(15)3)18-17(5-2)20-11-12-21-18/h6-9,16-19H,4-5,10-13H2,1-3H3. The van der Waals surface area contributed by atoms with E-state index in [0.717, 1.165) is 17.0 Å². The molecule has 1 aliphatic rings. The molecule has 1 fully saturated rings. The Labute approximate surface area is 139 Å². The van der Waals surface area contributed by atoms with Crippen LogP contribution in [0.5, 0.6) is 0 Å². The van der Waals surface area contributed by atoms with Gasteiger partial charge in [-0.3, -0.25) is 0 Å². The van der Waals surface area contributed by atoms with Crippen LogP contribution in [0.1, 0.15) is 37.8 Å². The molecule has 1 aliphatic heterocycles. The maximum atomic E-state index is 3.84. The predicted molar refractivity (Wildman–Crippen MR) is 99.7 cm³/mol. The molecule has 0 amide bonds. The van der Waals surface area contributed by atoms with Crippen molar-refractivity contribution in [2.45, 2.75) is 56.6 Å². The fraction of sp³-hybridized carbons (Fsp3) is 0.667. The minimum Gasteiger partial charge on any atom is -0.313 e. The summed E-state index contributed by atoms with van der Waals surface area (Å²) >= 11 is 4.38. The van der Waals surface area contributed by atoms with Crippen molar-refractivity contribution >= 4 is 23.5 Å². The van der Waals surface area contributed by atoms with E-state index in [1.807, 2.05) is 0 Å². The van der Waals surface area contributed by atoms with Gasteiger partial charge >= 0.3 is 0 Å². The smallest absolute Gasteiger partial charge is 0.0323 e. The minimum absolute atomic E-state index is 0.605.